The maximum atomic E-state index is 5.27. The van der Waals surface area contributed by atoms with E-state index in [9.17, 15) is 0 Å². The minimum atomic E-state index is 0.730. The summed E-state index contributed by atoms with van der Waals surface area (Å²) < 4.78 is 5.27. The first-order valence-corrected chi connectivity index (χ1v) is 5.31. The molecule has 0 radical (unpaired) electrons. The number of fused-ring (bicyclic) bond motifs is 1. The van der Waals surface area contributed by atoms with Crippen LogP contribution in [-0.2, 0) is 6.42 Å². The maximum Gasteiger partial charge on any atom is 0.133 e. The largest absolute Gasteiger partial charge is 0.464 e. The fourth-order valence-electron chi connectivity index (χ4n) is 1.48. The van der Waals surface area contributed by atoms with E-state index in [4.69, 9.17) is 4.42 Å². The summed E-state index contributed by atoms with van der Waals surface area (Å²) in [6, 6.07) is 8.28. The third-order valence-electron chi connectivity index (χ3n) is 2.22. The van der Waals surface area contributed by atoms with Crippen molar-refractivity contribution < 1.29 is 4.42 Å². The molecule has 0 atom stereocenters. The lowest BCUT2D eigenvalue weighted by molar-refractivity contribution is 0.615. The van der Waals surface area contributed by atoms with Gasteiger partial charge in [0.05, 0.1) is 6.26 Å². The Kier molecular flexibility index (Phi) is 3.11. The molecule has 0 amide bonds. The van der Waals surface area contributed by atoms with Crippen molar-refractivity contribution in [3.05, 3.63) is 36.1 Å². The zero-order valence-corrected chi connectivity index (χ0v) is 8.76. The van der Waals surface area contributed by atoms with Gasteiger partial charge in [-0.25, -0.2) is 0 Å². The van der Waals surface area contributed by atoms with Crippen molar-refractivity contribution in [1.82, 2.24) is 5.32 Å². The zero-order valence-electron chi connectivity index (χ0n) is 7.86. The summed E-state index contributed by atoms with van der Waals surface area (Å²) in [6.07, 6.45) is 2.75. The summed E-state index contributed by atoms with van der Waals surface area (Å²) in [4.78, 5) is 0. The minimum absolute atomic E-state index is 0.730. The summed E-state index contributed by atoms with van der Waals surface area (Å²) in [6.45, 7) is 0.965. The lowest BCUT2D eigenvalue weighted by Gasteiger charge is -2.01. The van der Waals surface area contributed by atoms with Crippen LogP contribution in [0.2, 0.25) is 0 Å². The van der Waals surface area contributed by atoms with Gasteiger partial charge in [0.15, 0.2) is 0 Å². The van der Waals surface area contributed by atoms with Gasteiger partial charge in [0, 0.05) is 11.3 Å². The van der Waals surface area contributed by atoms with Crippen LogP contribution in [0.4, 0.5) is 0 Å². The molecule has 1 N–H and O–H groups in total. The molecule has 0 saturated heterocycles. The Bertz CT molecular complexity index is 410. The third kappa shape index (κ3) is 2.11. The average molecular weight is 207 g/mol. The van der Waals surface area contributed by atoms with Gasteiger partial charge in [-0.1, -0.05) is 6.07 Å². The number of furan rings is 1. The molecule has 1 heterocycles. The molecule has 14 heavy (non-hydrogen) atoms. The highest BCUT2D eigenvalue weighted by molar-refractivity contribution is 7.80. The predicted molar refractivity (Wildman–Crippen MR) is 61.8 cm³/mol. The minimum Gasteiger partial charge on any atom is -0.464 e. The van der Waals surface area contributed by atoms with E-state index in [0.29, 0.717) is 0 Å². The molecule has 0 aliphatic rings. The van der Waals surface area contributed by atoms with Gasteiger partial charge in [0.2, 0.25) is 0 Å². The molecule has 0 spiro atoms. The van der Waals surface area contributed by atoms with E-state index >= 15 is 0 Å². The molecule has 0 saturated carbocycles. The lowest BCUT2D eigenvalue weighted by atomic mass is 10.1. The monoisotopic (exact) mass is 207 g/mol. The summed E-state index contributed by atoms with van der Waals surface area (Å²) in [5.41, 5.74) is 2.28. The molecular formula is C11H13NOS. The maximum absolute atomic E-state index is 5.27. The van der Waals surface area contributed by atoms with Gasteiger partial charge in [-0.3, -0.25) is 0 Å². The molecule has 2 nitrogen and oxygen atoms in total. The van der Waals surface area contributed by atoms with E-state index in [1.54, 1.807) is 6.26 Å². The summed E-state index contributed by atoms with van der Waals surface area (Å²) in [7, 11) is 0. The van der Waals surface area contributed by atoms with E-state index in [-0.39, 0.29) is 0 Å². The molecule has 0 unspecified atom stereocenters. The van der Waals surface area contributed by atoms with E-state index in [1.807, 2.05) is 12.1 Å². The van der Waals surface area contributed by atoms with Crippen LogP contribution in [0.1, 0.15) is 5.56 Å². The molecule has 1 aromatic heterocycles. The summed E-state index contributed by atoms with van der Waals surface area (Å²) in [5.74, 6) is 0.730. The van der Waals surface area contributed by atoms with Gasteiger partial charge >= 0.3 is 0 Å². The molecule has 74 valence electrons. The van der Waals surface area contributed by atoms with Crippen LogP contribution in [-0.4, -0.2) is 12.4 Å². The Morgan fingerprint density at radius 1 is 1.29 bits per heavy atom. The zero-order chi connectivity index (χ0) is 9.80. The summed E-state index contributed by atoms with van der Waals surface area (Å²) >= 11 is 4.09. The first-order valence-electron chi connectivity index (χ1n) is 4.68. The number of hydrogen-bond donors (Lipinski definition) is 2. The molecule has 0 bridgehead atoms. The highest BCUT2D eigenvalue weighted by Crippen LogP contribution is 2.16. The Hall–Kier alpha value is -0.930. The Labute approximate surface area is 88.7 Å². The van der Waals surface area contributed by atoms with Crippen molar-refractivity contribution in [3.8, 4) is 0 Å². The SMILES string of the molecule is SCNCCc1ccc2occc2c1. The second-order valence-corrected chi connectivity index (χ2v) is 3.52. The molecule has 0 fully saturated rings. The third-order valence-corrected chi connectivity index (χ3v) is 2.44. The molecule has 2 rings (SSSR count). The molecule has 0 aliphatic carbocycles. The number of benzene rings is 1. The molecule has 2 aromatic rings. The van der Waals surface area contributed by atoms with Crippen molar-refractivity contribution in [3.63, 3.8) is 0 Å². The van der Waals surface area contributed by atoms with E-state index < -0.39 is 0 Å². The van der Waals surface area contributed by atoms with E-state index in [1.165, 1.54) is 10.9 Å². The standard InChI is InChI=1S/C11H13NOS/c14-8-12-5-3-9-1-2-11-10(7-9)4-6-13-11/h1-2,4,6-7,12,14H,3,5,8H2. The molecule has 0 aliphatic heterocycles. The van der Waals surface area contributed by atoms with Gasteiger partial charge in [-0.05, 0) is 36.7 Å². The topological polar surface area (TPSA) is 25.2 Å². The van der Waals surface area contributed by atoms with Crippen LogP contribution in [0.3, 0.4) is 0 Å². The highest BCUT2D eigenvalue weighted by atomic mass is 32.1. The number of rotatable bonds is 4. The van der Waals surface area contributed by atoms with Gasteiger partial charge in [0.1, 0.15) is 5.58 Å². The van der Waals surface area contributed by atoms with Crippen LogP contribution in [0.5, 0.6) is 0 Å². The van der Waals surface area contributed by atoms with Gasteiger partial charge in [-0.2, -0.15) is 12.6 Å². The quantitative estimate of drug-likeness (QED) is 0.457. The fraction of sp³-hybridized carbons (Fsp3) is 0.273. The normalized spacial score (nSPS) is 10.9. The van der Waals surface area contributed by atoms with Crippen LogP contribution in [0.25, 0.3) is 11.0 Å². The van der Waals surface area contributed by atoms with Crippen LogP contribution < -0.4 is 5.32 Å². The van der Waals surface area contributed by atoms with Crippen molar-refractivity contribution >= 4 is 23.6 Å². The van der Waals surface area contributed by atoms with Crippen molar-refractivity contribution in [1.29, 1.82) is 0 Å². The average Bonchev–Trinajstić information content (AvgIpc) is 2.65. The number of hydrogen-bond acceptors (Lipinski definition) is 3. The number of nitrogens with one attached hydrogen (secondary N) is 1. The van der Waals surface area contributed by atoms with Crippen LogP contribution >= 0.6 is 12.6 Å². The van der Waals surface area contributed by atoms with Crippen molar-refractivity contribution in [2.45, 2.75) is 6.42 Å². The lowest BCUT2D eigenvalue weighted by Crippen LogP contribution is -2.14. The Morgan fingerprint density at radius 2 is 2.21 bits per heavy atom. The Morgan fingerprint density at radius 3 is 3.07 bits per heavy atom. The molecule has 1 aromatic carbocycles. The smallest absolute Gasteiger partial charge is 0.133 e. The second-order valence-electron chi connectivity index (χ2n) is 3.20. The van der Waals surface area contributed by atoms with Gasteiger partial charge < -0.3 is 9.73 Å². The molecule has 3 heteroatoms. The first kappa shape index (κ1) is 9.62. The fourth-order valence-corrected chi connectivity index (χ4v) is 1.64. The van der Waals surface area contributed by atoms with Gasteiger partial charge in [0.25, 0.3) is 0 Å². The van der Waals surface area contributed by atoms with Crippen LogP contribution in [0.15, 0.2) is 34.9 Å². The second kappa shape index (κ2) is 4.53. The van der Waals surface area contributed by atoms with Crippen LogP contribution in [0, 0.1) is 0 Å². The highest BCUT2D eigenvalue weighted by Gasteiger charge is 1.98. The first-order chi connectivity index (χ1) is 6.90. The van der Waals surface area contributed by atoms with Crippen molar-refractivity contribution in [2.75, 3.05) is 12.4 Å². The predicted octanol–water partition coefficient (Wildman–Crippen LogP) is 2.45. The molecular weight excluding hydrogens is 194 g/mol. The van der Waals surface area contributed by atoms with E-state index in [2.05, 4.69) is 30.1 Å². The van der Waals surface area contributed by atoms with Gasteiger partial charge in [-0.15, -0.1) is 0 Å². The Balaban J connectivity index is 2.10. The summed E-state index contributed by atoms with van der Waals surface area (Å²) in [5, 5.41) is 4.35. The van der Waals surface area contributed by atoms with E-state index in [0.717, 1.165) is 24.4 Å². The number of thiol groups is 1. The van der Waals surface area contributed by atoms with Crippen molar-refractivity contribution in [2.24, 2.45) is 0 Å².